The van der Waals surface area contributed by atoms with E-state index in [9.17, 15) is 9.59 Å². The molecule has 2 heterocycles. The standard InChI is InChI=1S/C13H10N4O3S/c1-20-10(18)6-8-11(19)16-12(14-8)17-13-15-7-4-2-3-5-9(7)21-13/h2-6H,1H3,(H2,14,15,16,17,19). The summed E-state index contributed by atoms with van der Waals surface area (Å²) in [5.41, 5.74) is 0.929. The van der Waals surface area contributed by atoms with E-state index < -0.39 is 11.9 Å². The minimum Gasteiger partial charge on any atom is -0.466 e. The molecule has 3 rings (SSSR count). The minimum absolute atomic E-state index is 0.0849. The van der Waals surface area contributed by atoms with Gasteiger partial charge in [0.1, 0.15) is 5.70 Å². The van der Waals surface area contributed by atoms with E-state index >= 15 is 0 Å². The molecule has 1 aromatic heterocycles. The number of methoxy groups -OCH3 is 1. The predicted molar refractivity (Wildman–Crippen MR) is 78.1 cm³/mol. The summed E-state index contributed by atoms with van der Waals surface area (Å²) >= 11 is 1.40. The first-order valence-corrected chi connectivity index (χ1v) is 6.79. The summed E-state index contributed by atoms with van der Waals surface area (Å²) in [7, 11) is 1.24. The Kier molecular flexibility index (Phi) is 3.36. The van der Waals surface area contributed by atoms with E-state index in [2.05, 4.69) is 25.3 Å². The molecule has 1 aromatic carbocycles. The molecular weight excluding hydrogens is 292 g/mol. The molecule has 8 heteroatoms. The Hall–Kier alpha value is -2.74. The summed E-state index contributed by atoms with van der Waals surface area (Å²) in [6.07, 6.45) is 1.07. The van der Waals surface area contributed by atoms with Gasteiger partial charge in [-0.05, 0) is 12.1 Å². The van der Waals surface area contributed by atoms with E-state index in [0.717, 1.165) is 16.3 Å². The summed E-state index contributed by atoms with van der Waals surface area (Å²) in [4.78, 5) is 31.3. The number of hydrogen-bond donors (Lipinski definition) is 2. The lowest BCUT2D eigenvalue weighted by Crippen LogP contribution is -2.24. The lowest BCUT2D eigenvalue weighted by molar-refractivity contribution is -0.135. The van der Waals surface area contributed by atoms with Gasteiger partial charge in [0.15, 0.2) is 0 Å². The number of benzene rings is 1. The van der Waals surface area contributed by atoms with Crippen molar-refractivity contribution in [3.63, 3.8) is 0 Å². The number of aliphatic imine (C=N–C) groups is 1. The van der Waals surface area contributed by atoms with Crippen LogP contribution in [0.3, 0.4) is 0 Å². The molecule has 0 bridgehead atoms. The van der Waals surface area contributed by atoms with Crippen LogP contribution in [0, 0.1) is 0 Å². The van der Waals surface area contributed by atoms with Crippen molar-refractivity contribution in [2.45, 2.75) is 0 Å². The molecule has 1 saturated heterocycles. The van der Waals surface area contributed by atoms with Gasteiger partial charge in [-0.3, -0.25) is 10.1 Å². The Morgan fingerprint density at radius 1 is 1.38 bits per heavy atom. The SMILES string of the molecule is COC(=O)C=C1N/C(=N\c2nc3ccccc3s2)NC1=O. The van der Waals surface area contributed by atoms with Crippen molar-refractivity contribution in [2.24, 2.45) is 4.99 Å². The number of carbonyl (C=O) groups is 2. The quantitative estimate of drug-likeness (QED) is 0.639. The first-order chi connectivity index (χ1) is 10.2. The average molecular weight is 302 g/mol. The lowest BCUT2D eigenvalue weighted by atomic mass is 10.3. The molecule has 0 radical (unpaired) electrons. The second kappa shape index (κ2) is 5.33. The van der Waals surface area contributed by atoms with Crippen molar-refractivity contribution in [1.82, 2.24) is 15.6 Å². The molecule has 0 saturated carbocycles. The van der Waals surface area contributed by atoms with Gasteiger partial charge < -0.3 is 10.1 Å². The third kappa shape index (κ3) is 2.75. The Morgan fingerprint density at radius 3 is 2.95 bits per heavy atom. The number of hydrogen-bond acceptors (Lipinski definition) is 6. The van der Waals surface area contributed by atoms with Crippen molar-refractivity contribution < 1.29 is 14.3 Å². The van der Waals surface area contributed by atoms with Gasteiger partial charge in [-0.1, -0.05) is 23.5 Å². The van der Waals surface area contributed by atoms with Crippen LogP contribution in [-0.4, -0.2) is 29.9 Å². The number of carbonyl (C=O) groups excluding carboxylic acids is 2. The van der Waals surface area contributed by atoms with Crippen LogP contribution in [0.1, 0.15) is 0 Å². The van der Waals surface area contributed by atoms with Gasteiger partial charge in [-0.2, -0.15) is 4.99 Å². The third-order valence-electron chi connectivity index (χ3n) is 2.68. The van der Waals surface area contributed by atoms with E-state index in [0.29, 0.717) is 5.13 Å². The van der Waals surface area contributed by atoms with E-state index in [1.165, 1.54) is 18.4 Å². The molecule has 1 amide bonds. The average Bonchev–Trinajstić information content (AvgIpc) is 3.02. The Bertz CT molecular complexity index is 761. The lowest BCUT2D eigenvalue weighted by Gasteiger charge is -1.94. The maximum atomic E-state index is 11.7. The molecule has 0 unspecified atom stereocenters. The zero-order valence-corrected chi connectivity index (χ0v) is 11.7. The number of para-hydroxylation sites is 1. The van der Waals surface area contributed by atoms with Crippen LogP contribution < -0.4 is 10.6 Å². The fourth-order valence-corrected chi connectivity index (χ4v) is 2.57. The molecule has 0 aliphatic carbocycles. The fourth-order valence-electron chi connectivity index (χ4n) is 1.73. The maximum absolute atomic E-state index is 11.7. The Morgan fingerprint density at radius 2 is 2.19 bits per heavy atom. The summed E-state index contributed by atoms with van der Waals surface area (Å²) in [6, 6.07) is 7.65. The summed E-state index contributed by atoms with van der Waals surface area (Å²) in [5, 5.41) is 5.74. The molecule has 1 aliphatic heterocycles. The van der Waals surface area contributed by atoms with Gasteiger partial charge >= 0.3 is 5.97 Å². The Balaban J connectivity index is 1.86. The molecule has 1 aliphatic rings. The number of esters is 1. The monoisotopic (exact) mass is 302 g/mol. The van der Waals surface area contributed by atoms with Crippen LogP contribution in [0.15, 0.2) is 41.0 Å². The number of fused-ring (bicyclic) bond motifs is 1. The molecule has 106 valence electrons. The van der Waals surface area contributed by atoms with Crippen molar-refractivity contribution in [1.29, 1.82) is 0 Å². The minimum atomic E-state index is -0.617. The molecular formula is C13H10N4O3S. The summed E-state index contributed by atoms with van der Waals surface area (Å²) < 4.78 is 5.47. The van der Waals surface area contributed by atoms with Crippen LogP contribution in [-0.2, 0) is 14.3 Å². The topological polar surface area (TPSA) is 92.7 Å². The van der Waals surface area contributed by atoms with Crippen LogP contribution in [0.4, 0.5) is 5.13 Å². The van der Waals surface area contributed by atoms with Gasteiger partial charge in [0, 0.05) is 0 Å². The zero-order valence-electron chi connectivity index (χ0n) is 10.9. The van der Waals surface area contributed by atoms with Gasteiger partial charge in [0.25, 0.3) is 5.91 Å². The van der Waals surface area contributed by atoms with Gasteiger partial charge in [0.05, 0.1) is 23.4 Å². The van der Waals surface area contributed by atoms with Crippen molar-refractivity contribution in [2.75, 3.05) is 7.11 Å². The van der Waals surface area contributed by atoms with Crippen LogP contribution in [0.2, 0.25) is 0 Å². The summed E-state index contributed by atoms with van der Waals surface area (Å²) in [5.74, 6) is -0.830. The third-order valence-corrected chi connectivity index (χ3v) is 3.61. The number of nitrogens with one attached hydrogen (secondary N) is 2. The highest BCUT2D eigenvalue weighted by atomic mass is 32.1. The van der Waals surface area contributed by atoms with Gasteiger partial charge in [-0.25, -0.2) is 9.78 Å². The number of aromatic nitrogens is 1. The van der Waals surface area contributed by atoms with Crippen LogP contribution >= 0.6 is 11.3 Å². The van der Waals surface area contributed by atoms with Crippen molar-refractivity contribution in [3.8, 4) is 0 Å². The molecule has 2 aromatic rings. The number of rotatable bonds is 2. The smallest absolute Gasteiger partial charge is 0.332 e. The first-order valence-electron chi connectivity index (χ1n) is 5.98. The first kappa shape index (κ1) is 13.3. The molecule has 0 atom stereocenters. The number of ether oxygens (including phenoxy) is 1. The number of nitrogens with zero attached hydrogens (tertiary/aromatic N) is 2. The second-order valence-corrected chi connectivity index (χ2v) is 5.09. The van der Waals surface area contributed by atoms with Crippen molar-refractivity contribution >= 4 is 44.5 Å². The van der Waals surface area contributed by atoms with E-state index in [1.807, 2.05) is 24.3 Å². The van der Waals surface area contributed by atoms with Crippen LogP contribution in [0.25, 0.3) is 10.2 Å². The molecule has 1 fully saturated rings. The van der Waals surface area contributed by atoms with E-state index in [1.54, 1.807) is 0 Å². The van der Waals surface area contributed by atoms with Crippen LogP contribution in [0.5, 0.6) is 0 Å². The number of thiazole rings is 1. The maximum Gasteiger partial charge on any atom is 0.332 e. The largest absolute Gasteiger partial charge is 0.466 e. The van der Waals surface area contributed by atoms with Gasteiger partial charge in [0.2, 0.25) is 11.1 Å². The molecule has 21 heavy (non-hydrogen) atoms. The van der Waals surface area contributed by atoms with Crippen molar-refractivity contribution in [3.05, 3.63) is 36.0 Å². The molecule has 7 nitrogen and oxygen atoms in total. The van der Waals surface area contributed by atoms with E-state index in [-0.39, 0.29) is 11.7 Å². The van der Waals surface area contributed by atoms with E-state index in [4.69, 9.17) is 0 Å². The normalized spacial score (nSPS) is 18.0. The highest BCUT2D eigenvalue weighted by Gasteiger charge is 2.23. The molecule has 0 spiro atoms. The predicted octanol–water partition coefficient (Wildman–Crippen LogP) is 1.06. The highest BCUT2D eigenvalue weighted by Crippen LogP contribution is 2.27. The Labute approximate surface area is 123 Å². The summed E-state index contributed by atoms with van der Waals surface area (Å²) in [6.45, 7) is 0. The number of guanidine groups is 1. The zero-order chi connectivity index (χ0) is 14.8. The van der Waals surface area contributed by atoms with Gasteiger partial charge in [-0.15, -0.1) is 0 Å². The highest BCUT2D eigenvalue weighted by molar-refractivity contribution is 7.22. The fraction of sp³-hybridized carbons (Fsp3) is 0.0769. The second-order valence-electron chi connectivity index (χ2n) is 4.08. The number of amides is 1. The molecule has 2 N–H and O–H groups in total.